The quantitative estimate of drug-likeness (QED) is 0.184. The highest BCUT2D eigenvalue weighted by molar-refractivity contribution is 8.01. The standard InChI is InChI=1S/C30H30N2O6S2/c1-18(36-19(2)34)28(35)31-23-7-5-6-22(14-23)29-37-24(15-26(38-29)21-12-10-20(16-33)11-13-21)17-39-30-32-25-8-3-4-9-27(25)40-30/h3-14,18,24,26,29,33H,15-17H2,1-2H3,(H,31,35)/t18-,24-,26+,29+/m0/s1. The zero-order valence-electron chi connectivity index (χ0n) is 22.1. The van der Waals surface area contributed by atoms with E-state index in [4.69, 9.17) is 19.2 Å². The third kappa shape index (κ3) is 7.07. The van der Waals surface area contributed by atoms with Crippen LogP contribution in [0.15, 0.2) is 77.1 Å². The van der Waals surface area contributed by atoms with Gasteiger partial charge in [0.25, 0.3) is 5.91 Å². The summed E-state index contributed by atoms with van der Waals surface area (Å²) in [5.41, 5.74) is 4.12. The van der Waals surface area contributed by atoms with E-state index in [1.165, 1.54) is 13.8 Å². The number of ether oxygens (including phenoxy) is 3. The largest absolute Gasteiger partial charge is 0.453 e. The lowest BCUT2D eigenvalue weighted by Gasteiger charge is -2.36. The Balaban J connectivity index is 1.34. The number of para-hydroxylation sites is 1. The van der Waals surface area contributed by atoms with Gasteiger partial charge in [-0.3, -0.25) is 9.59 Å². The van der Waals surface area contributed by atoms with Gasteiger partial charge < -0.3 is 24.6 Å². The molecule has 4 aromatic rings. The molecule has 0 spiro atoms. The van der Waals surface area contributed by atoms with Crippen LogP contribution >= 0.6 is 23.1 Å². The SMILES string of the molecule is CC(=O)O[C@@H](C)C(=O)Nc1cccc([C@@H]2O[C@H](CSc3nc4ccccc4s3)C[C@H](c3ccc(CO)cc3)O2)c1. The molecule has 3 aromatic carbocycles. The Morgan fingerprint density at radius 1 is 1.10 bits per heavy atom. The van der Waals surface area contributed by atoms with E-state index in [9.17, 15) is 14.7 Å². The maximum absolute atomic E-state index is 12.5. The molecule has 1 aliphatic heterocycles. The molecule has 0 aliphatic carbocycles. The number of rotatable bonds is 9. The summed E-state index contributed by atoms with van der Waals surface area (Å²) in [5, 5.41) is 12.2. The maximum atomic E-state index is 12.5. The number of hydrogen-bond acceptors (Lipinski definition) is 9. The van der Waals surface area contributed by atoms with Crippen molar-refractivity contribution in [2.45, 2.75) is 55.8 Å². The number of esters is 1. The number of thioether (sulfide) groups is 1. The first-order chi connectivity index (χ1) is 19.4. The van der Waals surface area contributed by atoms with Gasteiger partial charge in [0.2, 0.25) is 0 Å². The molecule has 1 amide bonds. The Labute approximate surface area is 240 Å². The second-order valence-electron chi connectivity index (χ2n) is 9.48. The predicted molar refractivity (Wildman–Crippen MR) is 155 cm³/mol. The molecular weight excluding hydrogens is 548 g/mol. The monoisotopic (exact) mass is 578 g/mol. The number of aliphatic hydroxyl groups excluding tert-OH is 1. The van der Waals surface area contributed by atoms with Crippen LogP contribution in [0.25, 0.3) is 10.2 Å². The van der Waals surface area contributed by atoms with Gasteiger partial charge in [0.1, 0.15) is 0 Å². The molecule has 2 N–H and O–H groups in total. The van der Waals surface area contributed by atoms with Crippen LogP contribution in [0.2, 0.25) is 0 Å². The van der Waals surface area contributed by atoms with Gasteiger partial charge in [-0.1, -0.05) is 60.3 Å². The molecule has 1 aromatic heterocycles. The first kappa shape index (κ1) is 28.3. The molecule has 1 aliphatic rings. The van der Waals surface area contributed by atoms with E-state index >= 15 is 0 Å². The topological polar surface area (TPSA) is 107 Å². The Hall–Kier alpha value is -3.28. The van der Waals surface area contributed by atoms with E-state index in [1.54, 1.807) is 35.2 Å². The number of thiazole rings is 1. The van der Waals surface area contributed by atoms with Gasteiger partial charge in [0.15, 0.2) is 16.7 Å². The second kappa shape index (κ2) is 12.9. The average molecular weight is 579 g/mol. The molecule has 0 radical (unpaired) electrons. The molecule has 40 heavy (non-hydrogen) atoms. The van der Waals surface area contributed by atoms with Crippen LogP contribution in [0.4, 0.5) is 5.69 Å². The Kier molecular flexibility index (Phi) is 9.13. The molecule has 4 atom stereocenters. The first-order valence-corrected chi connectivity index (χ1v) is 14.7. The van der Waals surface area contributed by atoms with Gasteiger partial charge in [-0.25, -0.2) is 4.98 Å². The molecule has 8 nitrogen and oxygen atoms in total. The van der Waals surface area contributed by atoms with Crippen molar-refractivity contribution in [1.82, 2.24) is 4.98 Å². The Morgan fingerprint density at radius 3 is 2.65 bits per heavy atom. The number of fused-ring (bicyclic) bond motifs is 1. The van der Waals surface area contributed by atoms with Gasteiger partial charge in [0, 0.05) is 30.3 Å². The van der Waals surface area contributed by atoms with E-state index in [1.807, 2.05) is 54.6 Å². The number of aliphatic hydroxyl groups is 1. The highest BCUT2D eigenvalue weighted by atomic mass is 32.2. The number of hydrogen-bond donors (Lipinski definition) is 2. The summed E-state index contributed by atoms with van der Waals surface area (Å²) in [5.74, 6) is -0.251. The molecule has 5 rings (SSSR count). The summed E-state index contributed by atoms with van der Waals surface area (Å²) in [4.78, 5) is 28.4. The van der Waals surface area contributed by atoms with E-state index < -0.39 is 24.3 Å². The summed E-state index contributed by atoms with van der Waals surface area (Å²) in [7, 11) is 0. The van der Waals surface area contributed by atoms with E-state index in [0.717, 1.165) is 31.2 Å². The van der Waals surface area contributed by atoms with Crippen molar-refractivity contribution in [3.8, 4) is 0 Å². The molecule has 2 heterocycles. The third-order valence-corrected chi connectivity index (χ3v) is 8.73. The van der Waals surface area contributed by atoms with Crippen LogP contribution in [0, 0.1) is 0 Å². The van der Waals surface area contributed by atoms with Gasteiger partial charge in [-0.2, -0.15) is 0 Å². The summed E-state index contributed by atoms with van der Waals surface area (Å²) >= 11 is 3.34. The average Bonchev–Trinajstić information content (AvgIpc) is 3.39. The zero-order chi connectivity index (χ0) is 28.1. The minimum Gasteiger partial charge on any atom is -0.453 e. The van der Waals surface area contributed by atoms with Crippen LogP contribution in [0.5, 0.6) is 0 Å². The van der Waals surface area contributed by atoms with Gasteiger partial charge in [-0.05, 0) is 42.3 Å². The first-order valence-electron chi connectivity index (χ1n) is 12.9. The summed E-state index contributed by atoms with van der Waals surface area (Å²) in [6.07, 6.45) is -1.28. The zero-order valence-corrected chi connectivity index (χ0v) is 23.7. The van der Waals surface area contributed by atoms with E-state index in [2.05, 4.69) is 11.4 Å². The van der Waals surface area contributed by atoms with Crippen LogP contribution in [0.1, 0.15) is 49.4 Å². The van der Waals surface area contributed by atoms with Crippen molar-refractivity contribution >= 4 is 50.9 Å². The molecule has 208 valence electrons. The number of benzene rings is 3. The van der Waals surface area contributed by atoms with Gasteiger partial charge >= 0.3 is 5.97 Å². The highest BCUT2D eigenvalue weighted by Crippen LogP contribution is 2.40. The lowest BCUT2D eigenvalue weighted by atomic mass is 10.0. The summed E-state index contributed by atoms with van der Waals surface area (Å²) < 4.78 is 20.0. The van der Waals surface area contributed by atoms with Crippen LogP contribution in [0.3, 0.4) is 0 Å². The van der Waals surface area contributed by atoms with Crippen molar-refractivity contribution in [2.24, 2.45) is 0 Å². The minimum atomic E-state index is -0.918. The number of anilines is 1. The molecule has 0 unspecified atom stereocenters. The van der Waals surface area contributed by atoms with Crippen molar-refractivity contribution < 1.29 is 28.9 Å². The summed E-state index contributed by atoms with van der Waals surface area (Å²) in [6, 6.07) is 23.1. The molecular formula is C30H30N2O6S2. The number of nitrogens with zero attached hydrogens (tertiary/aromatic N) is 1. The van der Waals surface area contributed by atoms with Crippen molar-refractivity contribution in [2.75, 3.05) is 11.1 Å². The molecule has 1 saturated heterocycles. The fourth-order valence-corrected chi connectivity index (χ4v) is 6.52. The highest BCUT2D eigenvalue weighted by Gasteiger charge is 2.32. The molecule has 0 bridgehead atoms. The lowest BCUT2D eigenvalue weighted by Crippen LogP contribution is -2.31. The number of amides is 1. The maximum Gasteiger partial charge on any atom is 0.303 e. The second-order valence-corrected chi connectivity index (χ2v) is 11.8. The van der Waals surface area contributed by atoms with Crippen molar-refractivity contribution in [3.05, 3.63) is 89.5 Å². The number of carbonyl (C=O) groups is 2. The number of aromatic nitrogens is 1. The van der Waals surface area contributed by atoms with E-state index in [0.29, 0.717) is 17.9 Å². The van der Waals surface area contributed by atoms with Crippen molar-refractivity contribution in [1.29, 1.82) is 0 Å². The number of nitrogens with one attached hydrogen (secondary N) is 1. The minimum absolute atomic E-state index is 0.0203. The van der Waals surface area contributed by atoms with Crippen molar-refractivity contribution in [3.63, 3.8) is 0 Å². The Bertz CT molecular complexity index is 1440. The Morgan fingerprint density at radius 2 is 1.90 bits per heavy atom. The molecule has 0 saturated carbocycles. The fourth-order valence-electron chi connectivity index (χ4n) is 4.41. The third-order valence-electron chi connectivity index (χ3n) is 6.42. The van der Waals surface area contributed by atoms with Crippen LogP contribution in [-0.2, 0) is 30.4 Å². The molecule has 10 heteroatoms. The number of carbonyl (C=O) groups excluding carboxylic acids is 2. The lowest BCUT2D eigenvalue weighted by molar-refractivity contribution is -0.245. The summed E-state index contributed by atoms with van der Waals surface area (Å²) in [6.45, 7) is 2.77. The smallest absolute Gasteiger partial charge is 0.303 e. The normalized spacial score (nSPS) is 19.7. The van der Waals surface area contributed by atoms with E-state index in [-0.39, 0.29) is 18.8 Å². The van der Waals surface area contributed by atoms with Crippen LogP contribution in [-0.4, -0.2) is 39.9 Å². The van der Waals surface area contributed by atoms with Gasteiger partial charge in [-0.15, -0.1) is 11.3 Å². The van der Waals surface area contributed by atoms with Gasteiger partial charge in [0.05, 0.1) is 29.0 Å². The molecule has 1 fully saturated rings. The van der Waals surface area contributed by atoms with Crippen LogP contribution < -0.4 is 5.32 Å². The predicted octanol–water partition coefficient (Wildman–Crippen LogP) is 6.02. The fraction of sp³-hybridized carbons (Fsp3) is 0.300.